The van der Waals surface area contributed by atoms with Crippen LogP contribution in [0, 0.1) is 6.42 Å². The van der Waals surface area contributed by atoms with Gasteiger partial charge in [-0.2, -0.15) is 4.98 Å². The summed E-state index contributed by atoms with van der Waals surface area (Å²) in [5, 5.41) is 15.9. The second-order valence-electron chi connectivity index (χ2n) is 6.36. The maximum absolute atomic E-state index is 9.41. The summed E-state index contributed by atoms with van der Waals surface area (Å²) in [5.74, 6) is 1.23. The Morgan fingerprint density at radius 3 is 2.69 bits per heavy atom. The molecule has 1 radical (unpaired) electrons. The van der Waals surface area contributed by atoms with Crippen LogP contribution in [0.3, 0.4) is 0 Å². The molecule has 3 N–H and O–H groups in total. The first-order valence-electron chi connectivity index (χ1n) is 9.00. The summed E-state index contributed by atoms with van der Waals surface area (Å²) in [4.78, 5) is 9.11. The zero-order valence-electron chi connectivity index (χ0n) is 15.2. The number of rotatable bonds is 7. The standard InChI is InChI=1S/C21H25N4O/c1-3-16-9-11-17(12-10-16)19-13-22-21(24-18-7-5-4-6-8-18)25-20(19)23-15(2)14-26/h5-13,15,26H,3-4,14H2,1-2H3,(H2,22,23,24,25)/t15-/m1/s1. The molecule has 26 heavy (non-hydrogen) atoms. The zero-order valence-corrected chi connectivity index (χ0v) is 15.2. The average Bonchev–Trinajstić information content (AvgIpc) is 2.69. The van der Waals surface area contributed by atoms with E-state index in [2.05, 4.69) is 64.3 Å². The van der Waals surface area contributed by atoms with E-state index in [1.54, 1.807) is 0 Å². The minimum absolute atomic E-state index is 0.0316. The lowest BCUT2D eigenvalue weighted by Crippen LogP contribution is -2.21. The second-order valence-corrected chi connectivity index (χ2v) is 6.36. The van der Waals surface area contributed by atoms with Crippen LogP contribution in [0.4, 0.5) is 11.8 Å². The monoisotopic (exact) mass is 349 g/mol. The van der Waals surface area contributed by atoms with Crippen molar-refractivity contribution in [1.82, 2.24) is 9.97 Å². The molecule has 1 atom stereocenters. The van der Waals surface area contributed by atoms with Crippen LogP contribution in [0.5, 0.6) is 0 Å². The molecule has 1 aromatic carbocycles. The lowest BCUT2D eigenvalue weighted by atomic mass is 10.0. The van der Waals surface area contributed by atoms with E-state index in [1.807, 2.05) is 25.3 Å². The first-order valence-corrected chi connectivity index (χ1v) is 9.00. The van der Waals surface area contributed by atoms with Gasteiger partial charge in [0.25, 0.3) is 0 Å². The molecular weight excluding hydrogens is 324 g/mol. The molecule has 5 nitrogen and oxygen atoms in total. The van der Waals surface area contributed by atoms with Crippen LogP contribution < -0.4 is 10.6 Å². The third-order valence-electron chi connectivity index (χ3n) is 4.24. The summed E-state index contributed by atoms with van der Waals surface area (Å²) in [6.07, 6.45) is 12.0. The van der Waals surface area contributed by atoms with Crippen LogP contribution in [0.15, 0.2) is 54.4 Å². The Balaban J connectivity index is 1.91. The predicted molar refractivity (Wildman–Crippen MR) is 107 cm³/mol. The molecule has 1 heterocycles. The summed E-state index contributed by atoms with van der Waals surface area (Å²) in [6.45, 7) is 4.09. The molecule has 0 saturated heterocycles. The Bertz CT molecular complexity index is 796. The first-order chi connectivity index (χ1) is 12.7. The lowest BCUT2D eigenvalue weighted by Gasteiger charge is -2.17. The molecular formula is C21H25N4O. The van der Waals surface area contributed by atoms with Gasteiger partial charge in [-0.3, -0.25) is 0 Å². The van der Waals surface area contributed by atoms with E-state index in [-0.39, 0.29) is 12.6 Å². The maximum Gasteiger partial charge on any atom is 0.229 e. The molecule has 1 aliphatic carbocycles. The van der Waals surface area contributed by atoms with Gasteiger partial charge in [-0.1, -0.05) is 43.3 Å². The van der Waals surface area contributed by atoms with Gasteiger partial charge >= 0.3 is 0 Å². The number of hydrogen-bond acceptors (Lipinski definition) is 5. The number of aliphatic hydroxyl groups is 1. The van der Waals surface area contributed by atoms with Crippen LogP contribution >= 0.6 is 0 Å². The normalized spacial score (nSPS) is 14.7. The van der Waals surface area contributed by atoms with Crippen molar-refractivity contribution in [2.75, 3.05) is 17.2 Å². The Kier molecular flexibility index (Phi) is 6.02. The molecule has 135 valence electrons. The van der Waals surface area contributed by atoms with Gasteiger partial charge in [0.05, 0.1) is 6.61 Å². The van der Waals surface area contributed by atoms with Gasteiger partial charge in [-0.15, -0.1) is 0 Å². The van der Waals surface area contributed by atoms with Crippen molar-refractivity contribution < 1.29 is 5.11 Å². The number of aliphatic hydroxyl groups excluding tert-OH is 1. The van der Waals surface area contributed by atoms with Crippen LogP contribution in [-0.4, -0.2) is 27.7 Å². The van der Waals surface area contributed by atoms with Gasteiger partial charge in [-0.25, -0.2) is 4.98 Å². The average molecular weight is 349 g/mol. The molecule has 0 bridgehead atoms. The molecule has 3 rings (SSSR count). The molecule has 0 saturated carbocycles. The summed E-state index contributed by atoms with van der Waals surface area (Å²) < 4.78 is 0. The topological polar surface area (TPSA) is 70.1 Å². The first kappa shape index (κ1) is 18.1. The Hall–Kier alpha value is -2.66. The zero-order chi connectivity index (χ0) is 18.4. The molecule has 5 heteroatoms. The predicted octanol–water partition coefficient (Wildman–Crippen LogP) is 3.96. The Labute approximate surface area is 154 Å². The SMILES string of the molecule is CCc1ccc(-c2cnc(NC3=C[CH]CC=C3)nc2N[C@H](C)CO)cc1. The van der Waals surface area contributed by atoms with E-state index < -0.39 is 0 Å². The fraction of sp³-hybridized carbons (Fsp3) is 0.286. The van der Waals surface area contributed by atoms with E-state index in [1.165, 1.54) is 5.56 Å². The molecule has 1 aromatic heterocycles. The number of anilines is 2. The highest BCUT2D eigenvalue weighted by molar-refractivity contribution is 5.75. The lowest BCUT2D eigenvalue weighted by molar-refractivity contribution is 0.281. The number of allylic oxidation sites excluding steroid dienone is 3. The molecule has 1 aliphatic rings. The largest absolute Gasteiger partial charge is 0.394 e. The molecule has 0 fully saturated rings. The van der Waals surface area contributed by atoms with Crippen LogP contribution in [0.2, 0.25) is 0 Å². The Morgan fingerprint density at radius 1 is 1.23 bits per heavy atom. The van der Waals surface area contributed by atoms with Crippen LogP contribution in [-0.2, 0) is 6.42 Å². The quantitative estimate of drug-likeness (QED) is 0.706. The van der Waals surface area contributed by atoms with Crippen molar-refractivity contribution in [2.24, 2.45) is 0 Å². The minimum atomic E-state index is -0.103. The summed E-state index contributed by atoms with van der Waals surface area (Å²) in [6, 6.07) is 8.30. The van der Waals surface area contributed by atoms with Crippen molar-refractivity contribution >= 4 is 11.8 Å². The smallest absolute Gasteiger partial charge is 0.229 e. The molecule has 0 aliphatic heterocycles. The van der Waals surface area contributed by atoms with E-state index in [0.29, 0.717) is 11.8 Å². The number of aryl methyl sites for hydroxylation is 1. The Morgan fingerprint density at radius 2 is 2.04 bits per heavy atom. The van der Waals surface area contributed by atoms with Crippen LogP contribution in [0.25, 0.3) is 11.1 Å². The summed E-state index contributed by atoms with van der Waals surface area (Å²) >= 11 is 0. The van der Waals surface area contributed by atoms with Gasteiger partial charge in [0.1, 0.15) is 5.82 Å². The molecule has 2 aromatic rings. The summed E-state index contributed by atoms with van der Waals surface area (Å²) in [5.41, 5.74) is 4.21. The van der Waals surface area contributed by atoms with Crippen LogP contribution in [0.1, 0.15) is 25.8 Å². The van der Waals surface area contributed by atoms with Gasteiger partial charge in [0, 0.05) is 23.5 Å². The number of nitrogens with one attached hydrogen (secondary N) is 2. The highest BCUT2D eigenvalue weighted by atomic mass is 16.3. The third-order valence-corrected chi connectivity index (χ3v) is 4.24. The number of benzene rings is 1. The molecule has 0 spiro atoms. The van der Waals surface area contributed by atoms with Crippen molar-refractivity contribution in [1.29, 1.82) is 0 Å². The maximum atomic E-state index is 9.41. The minimum Gasteiger partial charge on any atom is -0.394 e. The highest BCUT2D eigenvalue weighted by Gasteiger charge is 2.12. The van der Waals surface area contributed by atoms with Gasteiger partial charge in [-0.05, 0) is 43.4 Å². The van der Waals surface area contributed by atoms with E-state index >= 15 is 0 Å². The fourth-order valence-electron chi connectivity index (χ4n) is 2.70. The third kappa shape index (κ3) is 4.49. The number of nitrogens with zero attached hydrogens (tertiary/aromatic N) is 2. The van der Waals surface area contributed by atoms with Crippen molar-refractivity contribution in [3.05, 3.63) is 66.4 Å². The molecule has 0 unspecified atom stereocenters. The van der Waals surface area contributed by atoms with Crippen molar-refractivity contribution in [2.45, 2.75) is 32.7 Å². The van der Waals surface area contributed by atoms with Gasteiger partial charge in [0.15, 0.2) is 0 Å². The van der Waals surface area contributed by atoms with E-state index in [4.69, 9.17) is 0 Å². The number of hydrogen-bond donors (Lipinski definition) is 3. The number of aromatic nitrogens is 2. The second kappa shape index (κ2) is 8.63. The molecule has 0 amide bonds. The van der Waals surface area contributed by atoms with Gasteiger partial charge < -0.3 is 15.7 Å². The van der Waals surface area contributed by atoms with E-state index in [0.717, 1.165) is 29.7 Å². The summed E-state index contributed by atoms with van der Waals surface area (Å²) in [7, 11) is 0. The highest BCUT2D eigenvalue weighted by Crippen LogP contribution is 2.28. The van der Waals surface area contributed by atoms with Gasteiger partial charge in [0.2, 0.25) is 5.95 Å². The van der Waals surface area contributed by atoms with Crippen molar-refractivity contribution in [3.8, 4) is 11.1 Å². The van der Waals surface area contributed by atoms with Crippen molar-refractivity contribution in [3.63, 3.8) is 0 Å². The van der Waals surface area contributed by atoms with E-state index in [9.17, 15) is 5.11 Å². The fourth-order valence-corrected chi connectivity index (χ4v) is 2.70.